The summed E-state index contributed by atoms with van der Waals surface area (Å²) in [6.07, 6.45) is 2.75. The third-order valence-electron chi connectivity index (χ3n) is 5.05. The highest BCUT2D eigenvalue weighted by Crippen LogP contribution is 2.35. The van der Waals surface area contributed by atoms with Gasteiger partial charge in [-0.25, -0.2) is 8.42 Å². The van der Waals surface area contributed by atoms with Crippen LogP contribution in [0.3, 0.4) is 0 Å². The van der Waals surface area contributed by atoms with Crippen molar-refractivity contribution in [1.82, 2.24) is 4.98 Å². The van der Waals surface area contributed by atoms with Crippen LogP contribution in [0.25, 0.3) is 22.4 Å². The third-order valence-corrected chi connectivity index (χ3v) is 7.04. The molecule has 0 aliphatic rings. The Morgan fingerprint density at radius 1 is 0.824 bits per heavy atom. The van der Waals surface area contributed by atoms with Crippen LogP contribution in [0.5, 0.6) is 0 Å². The van der Waals surface area contributed by atoms with Gasteiger partial charge in [0.25, 0.3) is 5.91 Å². The molecule has 1 aromatic heterocycles. The molecule has 0 atom stereocenters. The van der Waals surface area contributed by atoms with E-state index < -0.39 is 15.7 Å². The summed E-state index contributed by atoms with van der Waals surface area (Å²) in [7, 11) is -3.52. The number of anilines is 1. The van der Waals surface area contributed by atoms with E-state index in [9.17, 15) is 13.2 Å². The van der Waals surface area contributed by atoms with Crippen molar-refractivity contribution in [2.45, 2.75) is 4.90 Å². The van der Waals surface area contributed by atoms with Gasteiger partial charge in [0.2, 0.25) is 0 Å². The Kier molecular flexibility index (Phi) is 6.96. The second kappa shape index (κ2) is 9.76. The monoisotopic (exact) mass is 530 g/mol. The van der Waals surface area contributed by atoms with Gasteiger partial charge >= 0.3 is 0 Å². The minimum atomic E-state index is -3.52. The zero-order valence-electron chi connectivity index (χ0n) is 17.7. The Bertz CT molecular complexity index is 1510. The number of nitrogens with zero attached hydrogens (tertiary/aromatic N) is 1. The summed E-state index contributed by atoms with van der Waals surface area (Å²) >= 11 is 18.8. The molecular formula is C25H17Cl3N2O3S. The maximum atomic E-state index is 13.3. The number of halogens is 3. The van der Waals surface area contributed by atoms with Crippen LogP contribution >= 0.6 is 34.8 Å². The molecular weight excluding hydrogens is 515 g/mol. The van der Waals surface area contributed by atoms with Crippen molar-refractivity contribution < 1.29 is 13.2 Å². The molecule has 4 rings (SSSR count). The molecule has 0 saturated carbocycles. The van der Waals surface area contributed by atoms with Gasteiger partial charge in [-0.15, -0.1) is 0 Å². The number of carbonyl (C=O) groups is 1. The topological polar surface area (TPSA) is 76.1 Å². The normalized spacial score (nSPS) is 11.3. The zero-order chi connectivity index (χ0) is 24.5. The standard InChI is InChI=1S/C25H17Cl3N2O3S/c1-34(32,33)17-7-9-19(20(14-17)18-8-5-15(26)12-23(18)28)25(31)30-16-6-10-22(27)21(13-16)24-4-2-3-11-29-24/h2-14H,1H3,(H,30,31). The zero-order valence-corrected chi connectivity index (χ0v) is 20.8. The number of pyridine rings is 1. The van der Waals surface area contributed by atoms with Crippen LogP contribution < -0.4 is 5.32 Å². The van der Waals surface area contributed by atoms with Gasteiger partial charge in [-0.2, -0.15) is 0 Å². The minimum Gasteiger partial charge on any atom is -0.322 e. The van der Waals surface area contributed by atoms with Gasteiger partial charge in [-0.1, -0.05) is 46.9 Å². The summed E-state index contributed by atoms with van der Waals surface area (Å²) in [5.41, 5.74) is 2.90. The first-order chi connectivity index (χ1) is 16.1. The van der Waals surface area contributed by atoms with Crippen LogP contribution in [-0.2, 0) is 9.84 Å². The number of hydrogen-bond donors (Lipinski definition) is 1. The van der Waals surface area contributed by atoms with Crippen LogP contribution in [0.15, 0.2) is 83.9 Å². The van der Waals surface area contributed by atoms with E-state index in [0.717, 1.165) is 6.26 Å². The van der Waals surface area contributed by atoms with E-state index in [-0.39, 0.29) is 15.5 Å². The van der Waals surface area contributed by atoms with Crippen LogP contribution in [-0.4, -0.2) is 25.6 Å². The highest BCUT2D eigenvalue weighted by molar-refractivity contribution is 7.90. The molecule has 9 heteroatoms. The first-order valence-corrected chi connectivity index (χ1v) is 13.0. The Labute approximate surface area is 212 Å². The number of nitrogens with one attached hydrogen (secondary N) is 1. The van der Waals surface area contributed by atoms with Crippen molar-refractivity contribution in [3.63, 3.8) is 0 Å². The number of carbonyl (C=O) groups excluding carboxylic acids is 1. The Hall–Kier alpha value is -2.90. The number of aromatic nitrogens is 1. The molecule has 172 valence electrons. The van der Waals surface area contributed by atoms with Crippen molar-refractivity contribution >= 4 is 56.2 Å². The fourth-order valence-electron chi connectivity index (χ4n) is 3.40. The van der Waals surface area contributed by atoms with Gasteiger partial charge in [0.1, 0.15) is 0 Å². The third kappa shape index (κ3) is 5.26. The largest absolute Gasteiger partial charge is 0.322 e. The SMILES string of the molecule is CS(=O)(=O)c1ccc(C(=O)Nc2ccc(Cl)c(-c3ccccn3)c2)c(-c2ccc(Cl)cc2Cl)c1. The molecule has 0 fully saturated rings. The maximum Gasteiger partial charge on any atom is 0.256 e. The van der Waals surface area contributed by atoms with Crippen molar-refractivity contribution in [1.29, 1.82) is 0 Å². The van der Waals surface area contributed by atoms with Gasteiger partial charge in [-0.3, -0.25) is 9.78 Å². The summed E-state index contributed by atoms with van der Waals surface area (Å²) in [5, 5.41) is 4.05. The van der Waals surface area contributed by atoms with E-state index in [0.29, 0.717) is 38.1 Å². The molecule has 1 amide bonds. The molecule has 5 nitrogen and oxygen atoms in total. The van der Waals surface area contributed by atoms with Crippen LogP contribution in [0, 0.1) is 0 Å². The predicted molar refractivity (Wildman–Crippen MR) is 138 cm³/mol. The second-order valence-electron chi connectivity index (χ2n) is 7.47. The fraction of sp³-hybridized carbons (Fsp3) is 0.0400. The lowest BCUT2D eigenvalue weighted by molar-refractivity contribution is 0.102. The highest BCUT2D eigenvalue weighted by Gasteiger charge is 2.19. The van der Waals surface area contributed by atoms with Crippen LogP contribution in [0.2, 0.25) is 15.1 Å². The van der Waals surface area contributed by atoms with Gasteiger partial charge in [0, 0.05) is 44.9 Å². The molecule has 0 aliphatic carbocycles. The van der Waals surface area contributed by atoms with Crippen molar-refractivity contribution in [2.75, 3.05) is 11.6 Å². The van der Waals surface area contributed by atoms with E-state index >= 15 is 0 Å². The molecule has 3 aromatic carbocycles. The summed E-state index contributed by atoms with van der Waals surface area (Å²) < 4.78 is 24.3. The smallest absolute Gasteiger partial charge is 0.256 e. The Morgan fingerprint density at radius 3 is 2.29 bits per heavy atom. The number of sulfone groups is 1. The van der Waals surface area contributed by atoms with Crippen molar-refractivity contribution in [2.24, 2.45) is 0 Å². The van der Waals surface area contributed by atoms with Gasteiger partial charge in [0.15, 0.2) is 9.84 Å². The average molecular weight is 532 g/mol. The van der Waals surface area contributed by atoms with Gasteiger partial charge in [0.05, 0.1) is 15.6 Å². The van der Waals surface area contributed by atoms with E-state index in [1.165, 1.54) is 24.3 Å². The Morgan fingerprint density at radius 2 is 1.62 bits per heavy atom. The molecule has 0 bridgehead atoms. The first kappa shape index (κ1) is 24.2. The number of benzene rings is 3. The molecule has 0 unspecified atom stereocenters. The van der Waals surface area contributed by atoms with Gasteiger partial charge in [-0.05, 0) is 66.2 Å². The molecule has 4 aromatic rings. The van der Waals surface area contributed by atoms with Gasteiger partial charge < -0.3 is 5.32 Å². The summed E-state index contributed by atoms with van der Waals surface area (Å²) in [4.78, 5) is 17.7. The summed E-state index contributed by atoms with van der Waals surface area (Å²) in [6.45, 7) is 0. The molecule has 0 saturated heterocycles. The molecule has 1 heterocycles. The lowest BCUT2D eigenvalue weighted by Gasteiger charge is -2.14. The minimum absolute atomic E-state index is 0.0639. The maximum absolute atomic E-state index is 13.3. The summed E-state index contributed by atoms with van der Waals surface area (Å²) in [5.74, 6) is -0.449. The molecule has 34 heavy (non-hydrogen) atoms. The first-order valence-electron chi connectivity index (χ1n) is 9.95. The molecule has 0 radical (unpaired) electrons. The number of hydrogen-bond acceptors (Lipinski definition) is 4. The summed E-state index contributed by atoms with van der Waals surface area (Å²) in [6, 6.07) is 19.6. The lowest BCUT2D eigenvalue weighted by Crippen LogP contribution is -2.14. The lowest BCUT2D eigenvalue weighted by atomic mass is 9.99. The van der Waals surface area contributed by atoms with Crippen LogP contribution in [0.4, 0.5) is 5.69 Å². The number of amides is 1. The van der Waals surface area contributed by atoms with Crippen LogP contribution in [0.1, 0.15) is 10.4 Å². The van der Waals surface area contributed by atoms with E-state index in [4.69, 9.17) is 34.8 Å². The second-order valence-corrected chi connectivity index (χ2v) is 10.7. The molecule has 0 aliphatic heterocycles. The predicted octanol–water partition coefficient (Wildman–Crippen LogP) is 7.03. The van der Waals surface area contributed by atoms with E-state index in [1.54, 1.807) is 42.6 Å². The number of rotatable bonds is 5. The van der Waals surface area contributed by atoms with E-state index in [1.807, 2.05) is 12.1 Å². The molecule has 0 spiro atoms. The average Bonchev–Trinajstić information content (AvgIpc) is 2.80. The van der Waals surface area contributed by atoms with Crippen molar-refractivity contribution in [3.8, 4) is 22.4 Å². The quantitative estimate of drug-likeness (QED) is 0.300. The molecule has 1 N–H and O–H groups in total. The Balaban J connectivity index is 1.77. The van der Waals surface area contributed by atoms with Crippen molar-refractivity contribution in [3.05, 3.63) is 99.6 Å². The fourth-order valence-corrected chi connectivity index (χ4v) is 4.77. The van der Waals surface area contributed by atoms with E-state index in [2.05, 4.69) is 10.3 Å². The highest BCUT2D eigenvalue weighted by atomic mass is 35.5.